The molecule has 7 heteroatoms. The van der Waals surface area contributed by atoms with E-state index in [1.54, 1.807) is 44.2 Å². The summed E-state index contributed by atoms with van der Waals surface area (Å²) in [5, 5.41) is 2.68. The molecule has 0 aromatic heterocycles. The summed E-state index contributed by atoms with van der Waals surface area (Å²) in [5.41, 5.74) is 1.17. The normalized spacial score (nSPS) is 11.6. The maximum Gasteiger partial charge on any atom is 0.255 e. The molecule has 0 saturated carbocycles. The lowest BCUT2D eigenvalue weighted by Gasteiger charge is -2.21. The SMILES string of the molecule is CC(=O)c1cccc(NC(=O)c2cccc(S(=O)(=O)N(C)C(C)C)c2)c1. The van der Waals surface area contributed by atoms with Crippen LogP contribution in [0.4, 0.5) is 5.69 Å². The molecule has 6 nitrogen and oxygen atoms in total. The summed E-state index contributed by atoms with van der Waals surface area (Å²) in [5.74, 6) is -0.555. The molecule has 2 aromatic rings. The molecule has 2 rings (SSSR count). The molecule has 0 atom stereocenters. The van der Waals surface area contributed by atoms with Gasteiger partial charge in [0, 0.05) is 29.9 Å². The Morgan fingerprint density at radius 3 is 2.23 bits per heavy atom. The quantitative estimate of drug-likeness (QED) is 0.787. The Labute approximate surface area is 153 Å². The highest BCUT2D eigenvalue weighted by Crippen LogP contribution is 2.19. The van der Waals surface area contributed by atoms with Gasteiger partial charge in [-0.3, -0.25) is 9.59 Å². The minimum Gasteiger partial charge on any atom is -0.322 e. The number of nitrogens with zero attached hydrogens (tertiary/aromatic N) is 1. The number of Topliss-reactive ketones (excluding diaryl/α,β-unsaturated/α-hetero) is 1. The topological polar surface area (TPSA) is 83.5 Å². The number of amides is 1. The number of benzene rings is 2. The summed E-state index contributed by atoms with van der Waals surface area (Å²) in [6, 6.07) is 12.2. The number of nitrogens with one attached hydrogen (secondary N) is 1. The number of rotatable bonds is 6. The maximum absolute atomic E-state index is 12.6. The fourth-order valence-electron chi connectivity index (χ4n) is 2.26. The summed E-state index contributed by atoms with van der Waals surface area (Å²) >= 11 is 0. The molecule has 0 bridgehead atoms. The van der Waals surface area contributed by atoms with Crippen LogP contribution >= 0.6 is 0 Å². The predicted octanol–water partition coefficient (Wildman–Crippen LogP) is 3.17. The van der Waals surface area contributed by atoms with Gasteiger partial charge in [0.25, 0.3) is 5.91 Å². The third-order valence-corrected chi connectivity index (χ3v) is 6.06. The van der Waals surface area contributed by atoms with E-state index >= 15 is 0 Å². The number of sulfonamides is 1. The Morgan fingerprint density at radius 1 is 1.00 bits per heavy atom. The van der Waals surface area contributed by atoms with E-state index in [0.29, 0.717) is 11.3 Å². The molecule has 0 unspecified atom stereocenters. The molecule has 0 aliphatic carbocycles. The van der Waals surface area contributed by atoms with Crippen LogP contribution in [-0.2, 0) is 10.0 Å². The summed E-state index contributed by atoms with van der Waals surface area (Å²) in [6.07, 6.45) is 0. The number of carbonyl (C=O) groups excluding carboxylic acids is 2. The van der Waals surface area contributed by atoms with Crippen LogP contribution in [0, 0.1) is 0 Å². The number of ketones is 1. The molecular formula is C19H22N2O4S. The van der Waals surface area contributed by atoms with Crippen molar-refractivity contribution in [1.82, 2.24) is 4.31 Å². The molecule has 1 N–H and O–H groups in total. The van der Waals surface area contributed by atoms with Gasteiger partial charge < -0.3 is 5.32 Å². The molecule has 2 aromatic carbocycles. The van der Waals surface area contributed by atoms with Crippen molar-refractivity contribution in [2.75, 3.05) is 12.4 Å². The first-order valence-electron chi connectivity index (χ1n) is 8.13. The molecule has 0 spiro atoms. The van der Waals surface area contributed by atoms with Crippen LogP contribution in [0.5, 0.6) is 0 Å². The van der Waals surface area contributed by atoms with Crippen LogP contribution < -0.4 is 5.32 Å². The van der Waals surface area contributed by atoms with Crippen molar-refractivity contribution in [3.63, 3.8) is 0 Å². The molecule has 0 aliphatic heterocycles. The van der Waals surface area contributed by atoms with Crippen molar-refractivity contribution in [3.8, 4) is 0 Å². The molecule has 1 amide bonds. The zero-order valence-electron chi connectivity index (χ0n) is 15.2. The van der Waals surface area contributed by atoms with E-state index < -0.39 is 15.9 Å². The summed E-state index contributed by atoms with van der Waals surface area (Å²) < 4.78 is 26.4. The highest BCUT2D eigenvalue weighted by molar-refractivity contribution is 7.89. The van der Waals surface area contributed by atoms with Crippen molar-refractivity contribution in [1.29, 1.82) is 0 Å². The predicted molar refractivity (Wildman–Crippen MR) is 101 cm³/mol. The molecule has 0 saturated heterocycles. The second-order valence-corrected chi connectivity index (χ2v) is 8.23. The van der Waals surface area contributed by atoms with E-state index in [1.165, 1.54) is 36.5 Å². The van der Waals surface area contributed by atoms with E-state index in [-0.39, 0.29) is 22.3 Å². The van der Waals surface area contributed by atoms with E-state index in [4.69, 9.17) is 0 Å². The van der Waals surface area contributed by atoms with Crippen molar-refractivity contribution < 1.29 is 18.0 Å². The zero-order valence-corrected chi connectivity index (χ0v) is 16.0. The van der Waals surface area contributed by atoms with Crippen LogP contribution in [0.15, 0.2) is 53.4 Å². The number of hydrogen-bond acceptors (Lipinski definition) is 4. The Kier molecular flexibility index (Phi) is 5.94. The lowest BCUT2D eigenvalue weighted by Crippen LogP contribution is -2.33. The van der Waals surface area contributed by atoms with Crippen LogP contribution in [0.2, 0.25) is 0 Å². The second-order valence-electron chi connectivity index (χ2n) is 6.23. The van der Waals surface area contributed by atoms with Crippen molar-refractivity contribution in [3.05, 3.63) is 59.7 Å². The van der Waals surface area contributed by atoms with Crippen molar-refractivity contribution in [2.45, 2.75) is 31.7 Å². The first-order valence-corrected chi connectivity index (χ1v) is 9.57. The Hall–Kier alpha value is -2.51. The molecule has 0 aliphatic rings. The average molecular weight is 374 g/mol. The summed E-state index contributed by atoms with van der Waals surface area (Å²) in [4.78, 5) is 24.0. The maximum atomic E-state index is 12.6. The highest BCUT2D eigenvalue weighted by Gasteiger charge is 2.24. The molecule has 138 valence electrons. The molecule has 26 heavy (non-hydrogen) atoms. The number of hydrogen-bond donors (Lipinski definition) is 1. The number of anilines is 1. The van der Waals surface area contributed by atoms with Crippen molar-refractivity contribution >= 4 is 27.4 Å². The van der Waals surface area contributed by atoms with Crippen LogP contribution in [0.3, 0.4) is 0 Å². The zero-order chi connectivity index (χ0) is 19.5. The Balaban J connectivity index is 2.29. The van der Waals surface area contributed by atoms with Gasteiger partial charge in [-0.1, -0.05) is 18.2 Å². The monoisotopic (exact) mass is 374 g/mol. The molecule has 0 fully saturated rings. The van der Waals surface area contributed by atoms with Gasteiger partial charge in [0.2, 0.25) is 10.0 Å². The lowest BCUT2D eigenvalue weighted by molar-refractivity contribution is 0.101. The van der Waals surface area contributed by atoms with Gasteiger partial charge in [-0.05, 0) is 51.1 Å². The largest absolute Gasteiger partial charge is 0.322 e. The summed E-state index contributed by atoms with van der Waals surface area (Å²) in [7, 11) is -2.18. The Bertz CT molecular complexity index is 936. The summed E-state index contributed by atoms with van der Waals surface area (Å²) in [6.45, 7) is 4.99. The highest BCUT2D eigenvalue weighted by atomic mass is 32.2. The average Bonchev–Trinajstić information content (AvgIpc) is 2.61. The second kappa shape index (κ2) is 7.80. The minimum absolute atomic E-state index is 0.0545. The van der Waals surface area contributed by atoms with Gasteiger partial charge in [0.1, 0.15) is 0 Å². The van der Waals surface area contributed by atoms with E-state index in [1.807, 2.05) is 0 Å². The van der Waals surface area contributed by atoms with Gasteiger partial charge >= 0.3 is 0 Å². The van der Waals surface area contributed by atoms with Crippen LogP contribution in [0.25, 0.3) is 0 Å². The fraction of sp³-hybridized carbons (Fsp3) is 0.263. The van der Waals surface area contributed by atoms with E-state index in [9.17, 15) is 18.0 Å². The van der Waals surface area contributed by atoms with Gasteiger partial charge in [-0.2, -0.15) is 4.31 Å². The standard InChI is InChI=1S/C19H22N2O4S/c1-13(2)21(4)26(24,25)18-10-6-8-16(12-18)19(23)20-17-9-5-7-15(11-17)14(3)22/h5-13H,1-4H3,(H,20,23). The van der Waals surface area contributed by atoms with E-state index in [2.05, 4.69) is 5.32 Å². The van der Waals surface area contributed by atoms with E-state index in [0.717, 1.165) is 0 Å². The first kappa shape index (κ1) is 19.8. The lowest BCUT2D eigenvalue weighted by atomic mass is 10.1. The Morgan fingerprint density at radius 2 is 1.62 bits per heavy atom. The van der Waals surface area contributed by atoms with Crippen molar-refractivity contribution in [2.24, 2.45) is 0 Å². The fourth-order valence-corrected chi connectivity index (χ4v) is 3.67. The first-order chi connectivity index (χ1) is 12.1. The van der Waals surface area contributed by atoms with Crippen LogP contribution in [0.1, 0.15) is 41.5 Å². The smallest absolute Gasteiger partial charge is 0.255 e. The van der Waals surface area contributed by atoms with Gasteiger partial charge in [-0.15, -0.1) is 0 Å². The molecule has 0 radical (unpaired) electrons. The third-order valence-electron chi connectivity index (χ3n) is 4.03. The molecular weight excluding hydrogens is 352 g/mol. The number of carbonyl (C=O) groups is 2. The van der Waals surface area contributed by atoms with Gasteiger partial charge in [-0.25, -0.2) is 8.42 Å². The van der Waals surface area contributed by atoms with Gasteiger partial charge in [0.15, 0.2) is 5.78 Å². The molecule has 0 heterocycles. The minimum atomic E-state index is -3.68. The third kappa shape index (κ3) is 4.36. The van der Waals surface area contributed by atoms with Gasteiger partial charge in [0.05, 0.1) is 4.90 Å². The van der Waals surface area contributed by atoms with Crippen LogP contribution in [-0.4, -0.2) is 37.5 Å².